The molecule has 1 atom stereocenters. The second-order valence-corrected chi connectivity index (χ2v) is 8.38. The van der Waals surface area contributed by atoms with Crippen molar-refractivity contribution >= 4 is 9.84 Å². The summed E-state index contributed by atoms with van der Waals surface area (Å²) in [5, 5.41) is -0.173. The SMILES string of the molecule is Cc1ccc(C(N)CS(=O)(=O)C2CCCCC2)c(C)c1. The van der Waals surface area contributed by atoms with E-state index in [9.17, 15) is 8.42 Å². The molecule has 0 spiro atoms. The fourth-order valence-electron chi connectivity index (χ4n) is 3.14. The molecule has 1 aliphatic carbocycles. The Balaban J connectivity index is 2.11. The third kappa shape index (κ3) is 3.61. The lowest BCUT2D eigenvalue weighted by atomic mass is 10.0. The summed E-state index contributed by atoms with van der Waals surface area (Å²) in [5.41, 5.74) is 9.37. The maximum atomic E-state index is 12.5. The zero-order valence-electron chi connectivity index (χ0n) is 12.4. The Morgan fingerprint density at radius 1 is 1.20 bits per heavy atom. The van der Waals surface area contributed by atoms with Gasteiger partial charge in [-0.1, -0.05) is 43.0 Å². The third-order valence-corrected chi connectivity index (χ3v) is 6.61. The van der Waals surface area contributed by atoms with Gasteiger partial charge in [-0.05, 0) is 37.8 Å². The fraction of sp³-hybridized carbons (Fsp3) is 0.625. The minimum absolute atomic E-state index is 0.0710. The minimum Gasteiger partial charge on any atom is -0.323 e. The average molecular weight is 295 g/mol. The number of rotatable bonds is 4. The van der Waals surface area contributed by atoms with Gasteiger partial charge in [0.2, 0.25) is 0 Å². The Hall–Kier alpha value is -0.870. The molecule has 0 radical (unpaired) electrons. The number of nitrogens with two attached hydrogens (primary N) is 1. The van der Waals surface area contributed by atoms with Gasteiger partial charge >= 0.3 is 0 Å². The van der Waals surface area contributed by atoms with Gasteiger partial charge in [-0.25, -0.2) is 8.42 Å². The summed E-state index contributed by atoms with van der Waals surface area (Å²) in [6.45, 7) is 4.02. The van der Waals surface area contributed by atoms with Crippen molar-refractivity contribution in [2.24, 2.45) is 5.73 Å². The minimum atomic E-state index is -3.08. The van der Waals surface area contributed by atoms with E-state index in [2.05, 4.69) is 6.07 Å². The summed E-state index contributed by atoms with van der Waals surface area (Å²) < 4.78 is 24.9. The Labute approximate surface area is 122 Å². The first-order chi connectivity index (χ1) is 9.40. The number of sulfone groups is 1. The first-order valence-electron chi connectivity index (χ1n) is 7.44. The van der Waals surface area contributed by atoms with E-state index in [1.807, 2.05) is 26.0 Å². The van der Waals surface area contributed by atoms with Gasteiger partial charge in [0, 0.05) is 6.04 Å². The largest absolute Gasteiger partial charge is 0.323 e. The Bertz CT molecular complexity index is 560. The van der Waals surface area contributed by atoms with Crippen LogP contribution in [-0.2, 0) is 9.84 Å². The van der Waals surface area contributed by atoms with E-state index in [0.717, 1.165) is 43.2 Å². The van der Waals surface area contributed by atoms with Crippen LogP contribution >= 0.6 is 0 Å². The zero-order valence-corrected chi connectivity index (χ0v) is 13.2. The second-order valence-electron chi connectivity index (χ2n) is 6.06. The van der Waals surface area contributed by atoms with Crippen LogP contribution in [0.4, 0.5) is 0 Å². The summed E-state index contributed by atoms with van der Waals surface area (Å²) >= 11 is 0. The van der Waals surface area contributed by atoms with Gasteiger partial charge in [-0.3, -0.25) is 0 Å². The van der Waals surface area contributed by atoms with Crippen molar-refractivity contribution in [3.63, 3.8) is 0 Å². The number of hydrogen-bond acceptors (Lipinski definition) is 3. The van der Waals surface area contributed by atoms with Crippen LogP contribution in [0.1, 0.15) is 54.8 Å². The van der Waals surface area contributed by atoms with E-state index in [4.69, 9.17) is 5.73 Å². The summed E-state index contributed by atoms with van der Waals surface area (Å²) in [6.07, 6.45) is 4.84. The lowest BCUT2D eigenvalue weighted by molar-refractivity contribution is 0.481. The quantitative estimate of drug-likeness (QED) is 0.928. The lowest BCUT2D eigenvalue weighted by Gasteiger charge is -2.24. The molecule has 1 saturated carbocycles. The van der Waals surface area contributed by atoms with Crippen molar-refractivity contribution in [1.82, 2.24) is 0 Å². The molecule has 1 aliphatic rings. The van der Waals surface area contributed by atoms with Gasteiger partial charge in [0.05, 0.1) is 11.0 Å². The van der Waals surface area contributed by atoms with Crippen molar-refractivity contribution in [3.8, 4) is 0 Å². The number of benzene rings is 1. The average Bonchev–Trinajstić information content (AvgIpc) is 2.39. The Morgan fingerprint density at radius 2 is 1.85 bits per heavy atom. The van der Waals surface area contributed by atoms with E-state index in [1.165, 1.54) is 5.56 Å². The van der Waals surface area contributed by atoms with Gasteiger partial charge in [-0.15, -0.1) is 0 Å². The standard InChI is InChI=1S/C16H25NO2S/c1-12-8-9-15(13(2)10-12)16(17)11-20(18,19)14-6-4-3-5-7-14/h8-10,14,16H,3-7,11,17H2,1-2H3. The first kappa shape index (κ1) is 15.5. The highest BCUT2D eigenvalue weighted by Crippen LogP contribution is 2.27. The van der Waals surface area contributed by atoms with Crippen LogP contribution in [0.2, 0.25) is 0 Å². The van der Waals surface area contributed by atoms with Crippen molar-refractivity contribution in [2.75, 3.05) is 5.75 Å². The molecule has 20 heavy (non-hydrogen) atoms. The molecule has 0 heterocycles. The van der Waals surface area contributed by atoms with E-state index in [1.54, 1.807) is 0 Å². The van der Waals surface area contributed by atoms with E-state index < -0.39 is 15.9 Å². The molecule has 0 amide bonds. The molecule has 0 bridgehead atoms. The van der Waals surface area contributed by atoms with Crippen LogP contribution < -0.4 is 5.73 Å². The van der Waals surface area contributed by atoms with Gasteiger partial charge in [0.1, 0.15) is 0 Å². The first-order valence-corrected chi connectivity index (χ1v) is 9.16. The van der Waals surface area contributed by atoms with E-state index >= 15 is 0 Å². The van der Waals surface area contributed by atoms with Crippen LogP contribution in [0, 0.1) is 13.8 Å². The molecule has 0 aliphatic heterocycles. The zero-order chi connectivity index (χ0) is 14.8. The van der Waals surface area contributed by atoms with Gasteiger partial charge in [0.25, 0.3) is 0 Å². The van der Waals surface area contributed by atoms with Crippen LogP contribution in [0.5, 0.6) is 0 Å². The smallest absolute Gasteiger partial charge is 0.155 e. The number of hydrogen-bond donors (Lipinski definition) is 1. The van der Waals surface area contributed by atoms with Crippen LogP contribution in [-0.4, -0.2) is 19.4 Å². The summed E-state index contributed by atoms with van der Waals surface area (Å²) in [6, 6.07) is 5.60. The molecule has 112 valence electrons. The molecule has 0 saturated heterocycles. The molecule has 1 aromatic carbocycles. The van der Waals surface area contributed by atoms with Crippen molar-refractivity contribution in [1.29, 1.82) is 0 Å². The molecule has 4 heteroatoms. The predicted molar refractivity (Wildman–Crippen MR) is 83.5 cm³/mol. The topological polar surface area (TPSA) is 60.2 Å². The highest BCUT2D eigenvalue weighted by Gasteiger charge is 2.29. The summed E-state index contributed by atoms with van der Waals surface area (Å²) in [7, 11) is -3.08. The highest BCUT2D eigenvalue weighted by molar-refractivity contribution is 7.92. The predicted octanol–water partition coefficient (Wildman–Crippen LogP) is 3.05. The van der Waals surface area contributed by atoms with Crippen LogP contribution in [0.25, 0.3) is 0 Å². The molecule has 0 aromatic heterocycles. The molecule has 2 rings (SSSR count). The van der Waals surface area contributed by atoms with Crippen LogP contribution in [0.15, 0.2) is 18.2 Å². The van der Waals surface area contributed by atoms with Crippen molar-refractivity contribution in [2.45, 2.75) is 57.2 Å². The van der Waals surface area contributed by atoms with Gasteiger partial charge in [-0.2, -0.15) is 0 Å². The molecule has 1 unspecified atom stereocenters. The van der Waals surface area contributed by atoms with Crippen LogP contribution in [0.3, 0.4) is 0 Å². The summed E-state index contributed by atoms with van der Waals surface area (Å²) in [4.78, 5) is 0. The van der Waals surface area contributed by atoms with E-state index in [-0.39, 0.29) is 11.0 Å². The van der Waals surface area contributed by atoms with Gasteiger partial charge < -0.3 is 5.73 Å². The third-order valence-electron chi connectivity index (χ3n) is 4.30. The van der Waals surface area contributed by atoms with Crippen molar-refractivity contribution < 1.29 is 8.42 Å². The molecule has 3 nitrogen and oxygen atoms in total. The molecule has 1 fully saturated rings. The molecule has 1 aromatic rings. The van der Waals surface area contributed by atoms with E-state index in [0.29, 0.717) is 0 Å². The molecular weight excluding hydrogens is 270 g/mol. The second kappa shape index (κ2) is 6.27. The Kier molecular flexibility index (Phi) is 4.86. The fourth-order valence-corrected chi connectivity index (χ4v) is 5.15. The highest BCUT2D eigenvalue weighted by atomic mass is 32.2. The monoisotopic (exact) mass is 295 g/mol. The Morgan fingerprint density at radius 3 is 2.45 bits per heavy atom. The maximum absolute atomic E-state index is 12.5. The number of aryl methyl sites for hydroxylation is 2. The normalized spacial score (nSPS) is 18.9. The van der Waals surface area contributed by atoms with Gasteiger partial charge in [0.15, 0.2) is 9.84 Å². The molecular formula is C16H25NO2S. The van der Waals surface area contributed by atoms with Crippen molar-refractivity contribution in [3.05, 3.63) is 34.9 Å². The molecule has 2 N–H and O–H groups in total. The summed E-state index contributed by atoms with van der Waals surface area (Å²) in [5.74, 6) is 0.0710. The maximum Gasteiger partial charge on any atom is 0.155 e. The lowest BCUT2D eigenvalue weighted by Crippen LogP contribution is -2.31.